The molecule has 0 radical (unpaired) electrons. The molecule has 0 spiro atoms. The predicted molar refractivity (Wildman–Crippen MR) is 79.8 cm³/mol. The van der Waals surface area contributed by atoms with Gasteiger partial charge in [0, 0.05) is 5.69 Å². The van der Waals surface area contributed by atoms with Gasteiger partial charge in [-0.2, -0.15) is 13.2 Å². The molecule has 1 unspecified atom stereocenters. The minimum atomic E-state index is -5.04. The first-order chi connectivity index (χ1) is 11.9. The Bertz CT molecular complexity index is 781. The molecule has 0 saturated heterocycles. The van der Waals surface area contributed by atoms with Gasteiger partial charge in [-0.05, 0) is 18.2 Å². The fourth-order valence-corrected chi connectivity index (χ4v) is 2.74. The molecule has 0 aromatic heterocycles. The van der Waals surface area contributed by atoms with Gasteiger partial charge in [-0.3, -0.25) is 9.52 Å². The fraction of sp³-hybridized carbons (Fsp3) is 0.385. The van der Waals surface area contributed by atoms with Crippen molar-refractivity contribution in [2.45, 2.75) is 12.2 Å². The first-order valence-electron chi connectivity index (χ1n) is 6.75. The summed E-state index contributed by atoms with van der Waals surface area (Å²) >= 11 is 0. The van der Waals surface area contributed by atoms with E-state index in [2.05, 4.69) is 4.74 Å². The molecule has 1 aromatic carbocycles. The lowest BCUT2D eigenvalue weighted by Crippen LogP contribution is -2.46. The molecule has 1 rings (SSSR count). The molecule has 13 heteroatoms. The Morgan fingerprint density at radius 2 is 1.92 bits per heavy atom. The van der Waals surface area contributed by atoms with Crippen molar-refractivity contribution >= 4 is 27.6 Å². The highest BCUT2D eigenvalue weighted by molar-refractivity contribution is 7.93. The van der Waals surface area contributed by atoms with Crippen LogP contribution in [-0.4, -0.2) is 50.9 Å². The molecule has 0 heterocycles. The van der Waals surface area contributed by atoms with Gasteiger partial charge in [-0.1, -0.05) is 0 Å². The summed E-state index contributed by atoms with van der Waals surface area (Å²) < 4.78 is 80.6. The Morgan fingerprint density at radius 3 is 2.42 bits per heavy atom. The summed E-state index contributed by atoms with van der Waals surface area (Å²) in [6, 6.07) is -0.119. The first kappa shape index (κ1) is 21.6. The maximum atomic E-state index is 13.2. The summed E-state index contributed by atoms with van der Waals surface area (Å²) in [7, 11) is -3.51. The van der Waals surface area contributed by atoms with Gasteiger partial charge < -0.3 is 15.2 Å². The SMILES string of the molecule is COC(=O)C(CO)NC(=O)CS(=O)(=O)Nc1ccc(F)c(C(F)(F)F)c1. The molecule has 0 aliphatic carbocycles. The molecule has 1 aromatic rings. The normalized spacial score (nSPS) is 13.0. The molecule has 146 valence electrons. The van der Waals surface area contributed by atoms with Crippen molar-refractivity contribution in [1.29, 1.82) is 0 Å². The molecule has 1 atom stereocenters. The number of hydrogen-bond donors (Lipinski definition) is 3. The number of amides is 1. The summed E-state index contributed by atoms with van der Waals surface area (Å²) in [4.78, 5) is 22.8. The van der Waals surface area contributed by atoms with E-state index in [-0.39, 0.29) is 6.07 Å². The molecule has 0 bridgehead atoms. The Kier molecular flexibility index (Phi) is 6.92. The Hall–Kier alpha value is -2.41. The van der Waals surface area contributed by atoms with Crippen molar-refractivity contribution < 1.29 is 45.4 Å². The monoisotopic (exact) mass is 402 g/mol. The van der Waals surface area contributed by atoms with Crippen molar-refractivity contribution in [2.24, 2.45) is 0 Å². The Morgan fingerprint density at radius 1 is 1.31 bits per heavy atom. The number of hydrogen-bond acceptors (Lipinski definition) is 6. The van der Waals surface area contributed by atoms with Crippen LogP contribution in [0.2, 0.25) is 0 Å². The molecule has 0 fully saturated rings. The predicted octanol–water partition coefficient (Wildman–Crippen LogP) is 0.236. The number of ether oxygens (including phenoxy) is 1. The zero-order valence-electron chi connectivity index (χ0n) is 13.1. The van der Waals surface area contributed by atoms with Gasteiger partial charge in [0.15, 0.2) is 6.04 Å². The van der Waals surface area contributed by atoms with Crippen molar-refractivity contribution in [3.8, 4) is 0 Å². The van der Waals surface area contributed by atoms with Gasteiger partial charge in [0.1, 0.15) is 11.6 Å². The van der Waals surface area contributed by atoms with Gasteiger partial charge in [0.05, 0.1) is 19.3 Å². The number of esters is 1. The van der Waals surface area contributed by atoms with Crippen LogP contribution >= 0.6 is 0 Å². The molecule has 0 saturated carbocycles. The number of aliphatic hydroxyl groups excluding tert-OH is 1. The van der Waals surface area contributed by atoms with Gasteiger partial charge in [0.2, 0.25) is 15.9 Å². The third-order valence-corrected chi connectivity index (χ3v) is 4.06. The smallest absolute Gasteiger partial charge is 0.419 e. The van der Waals surface area contributed by atoms with E-state index in [0.717, 1.165) is 13.2 Å². The largest absolute Gasteiger partial charge is 0.467 e. The summed E-state index contributed by atoms with van der Waals surface area (Å²) in [6.07, 6.45) is -5.04. The van der Waals surface area contributed by atoms with Crippen LogP contribution in [0.3, 0.4) is 0 Å². The molecule has 26 heavy (non-hydrogen) atoms. The zero-order valence-corrected chi connectivity index (χ0v) is 13.9. The third-order valence-electron chi connectivity index (χ3n) is 2.87. The zero-order chi connectivity index (χ0) is 20.1. The molecule has 0 aliphatic rings. The lowest BCUT2D eigenvalue weighted by atomic mass is 10.2. The number of aliphatic hydroxyl groups is 1. The highest BCUT2D eigenvalue weighted by atomic mass is 32.2. The van der Waals surface area contributed by atoms with Gasteiger partial charge in [-0.25, -0.2) is 17.6 Å². The molecular weight excluding hydrogens is 388 g/mol. The van der Waals surface area contributed by atoms with E-state index >= 15 is 0 Å². The number of anilines is 1. The van der Waals surface area contributed by atoms with Crippen LogP contribution in [0.25, 0.3) is 0 Å². The number of benzene rings is 1. The van der Waals surface area contributed by atoms with E-state index in [0.29, 0.717) is 6.07 Å². The quantitative estimate of drug-likeness (QED) is 0.444. The van der Waals surface area contributed by atoms with Crippen LogP contribution in [0, 0.1) is 5.82 Å². The van der Waals surface area contributed by atoms with E-state index in [1.807, 2.05) is 5.32 Å². The summed E-state index contributed by atoms with van der Waals surface area (Å²) in [5, 5.41) is 10.8. The van der Waals surface area contributed by atoms with Crippen LogP contribution < -0.4 is 10.0 Å². The lowest BCUT2D eigenvalue weighted by Gasteiger charge is -2.15. The number of carbonyl (C=O) groups is 2. The summed E-state index contributed by atoms with van der Waals surface area (Å²) in [5.74, 6) is -5.11. The number of halogens is 4. The van der Waals surface area contributed by atoms with Crippen LogP contribution in [0.1, 0.15) is 5.56 Å². The number of carbonyl (C=O) groups excluding carboxylic acids is 2. The Balaban J connectivity index is 2.87. The number of nitrogens with one attached hydrogen (secondary N) is 2. The van der Waals surface area contributed by atoms with Crippen LogP contribution in [0.5, 0.6) is 0 Å². The number of sulfonamides is 1. The first-order valence-corrected chi connectivity index (χ1v) is 8.40. The van der Waals surface area contributed by atoms with Gasteiger partial charge >= 0.3 is 12.1 Å². The van der Waals surface area contributed by atoms with Gasteiger partial charge in [-0.15, -0.1) is 0 Å². The second kappa shape index (κ2) is 8.31. The van der Waals surface area contributed by atoms with Crippen molar-refractivity contribution in [2.75, 3.05) is 24.2 Å². The van der Waals surface area contributed by atoms with Crippen LogP contribution in [-0.2, 0) is 30.5 Å². The van der Waals surface area contributed by atoms with Crippen molar-refractivity contribution in [1.82, 2.24) is 5.32 Å². The van der Waals surface area contributed by atoms with Crippen LogP contribution in [0.15, 0.2) is 18.2 Å². The second-order valence-electron chi connectivity index (χ2n) is 4.88. The van der Waals surface area contributed by atoms with Crippen LogP contribution in [0.4, 0.5) is 23.2 Å². The topological polar surface area (TPSA) is 122 Å². The second-order valence-corrected chi connectivity index (χ2v) is 6.60. The van der Waals surface area contributed by atoms with E-state index in [9.17, 15) is 35.6 Å². The maximum Gasteiger partial charge on any atom is 0.419 e. The highest BCUT2D eigenvalue weighted by Gasteiger charge is 2.34. The minimum absolute atomic E-state index is 0.232. The fourth-order valence-electron chi connectivity index (χ4n) is 1.75. The van der Waals surface area contributed by atoms with E-state index in [4.69, 9.17) is 5.11 Å². The van der Waals surface area contributed by atoms with Crippen molar-refractivity contribution in [3.63, 3.8) is 0 Å². The molecule has 1 amide bonds. The number of rotatable bonds is 7. The van der Waals surface area contributed by atoms with E-state index in [1.54, 1.807) is 4.72 Å². The molecule has 3 N–H and O–H groups in total. The number of alkyl halides is 3. The third kappa shape index (κ3) is 6.15. The van der Waals surface area contributed by atoms with E-state index < -0.39 is 63.5 Å². The minimum Gasteiger partial charge on any atom is -0.467 e. The molecule has 0 aliphatic heterocycles. The summed E-state index contributed by atoms with van der Waals surface area (Å²) in [6.45, 7) is -0.862. The Labute approximate surface area is 145 Å². The highest BCUT2D eigenvalue weighted by Crippen LogP contribution is 2.33. The van der Waals surface area contributed by atoms with Gasteiger partial charge in [0.25, 0.3) is 0 Å². The average Bonchev–Trinajstić information content (AvgIpc) is 2.51. The number of methoxy groups -OCH3 is 1. The average molecular weight is 402 g/mol. The standard InChI is InChI=1S/C13H14F4N2O6S/c1-25-12(22)10(5-20)18-11(21)6-26(23,24)19-7-2-3-9(14)8(4-7)13(15,16)17/h2-4,10,19-20H,5-6H2,1H3,(H,18,21). The van der Waals surface area contributed by atoms with E-state index in [1.165, 1.54) is 0 Å². The van der Waals surface area contributed by atoms with Crippen molar-refractivity contribution in [3.05, 3.63) is 29.6 Å². The maximum absolute atomic E-state index is 13.2. The molecular formula is C13H14F4N2O6S. The summed E-state index contributed by atoms with van der Waals surface area (Å²) in [5.41, 5.74) is -2.30. The lowest BCUT2D eigenvalue weighted by molar-refractivity contribution is -0.146. The molecule has 8 nitrogen and oxygen atoms in total.